The number of carbonyl (C=O) groups is 2. The minimum absolute atomic E-state index is 0.106. The van der Waals surface area contributed by atoms with Gasteiger partial charge in [0.15, 0.2) is 10.3 Å². The van der Waals surface area contributed by atoms with Crippen molar-refractivity contribution in [1.29, 1.82) is 0 Å². The van der Waals surface area contributed by atoms with Gasteiger partial charge in [0.2, 0.25) is 5.91 Å². The number of methoxy groups -OCH3 is 1. The molecule has 1 unspecified atom stereocenters. The molecule has 2 aromatic heterocycles. The molecule has 168 valence electrons. The van der Waals surface area contributed by atoms with Crippen molar-refractivity contribution in [2.24, 2.45) is 0 Å². The molecule has 0 saturated heterocycles. The number of thiazole rings is 2. The Kier molecular flexibility index (Phi) is 5.82. The van der Waals surface area contributed by atoms with Gasteiger partial charge in [0, 0.05) is 10.4 Å². The Bertz CT molecular complexity index is 1340. The van der Waals surface area contributed by atoms with E-state index in [0.29, 0.717) is 21.6 Å². The number of nitrogens with one attached hydrogen (secondary N) is 2. The highest BCUT2D eigenvalue weighted by atomic mass is 32.1. The second-order valence-electron chi connectivity index (χ2n) is 7.88. The summed E-state index contributed by atoms with van der Waals surface area (Å²) in [5.41, 5.74) is 3.27. The Balaban J connectivity index is 1.32. The van der Waals surface area contributed by atoms with Gasteiger partial charge in [0.1, 0.15) is 5.75 Å². The molecule has 0 radical (unpaired) electrons. The van der Waals surface area contributed by atoms with Crippen LogP contribution in [0.25, 0.3) is 10.2 Å². The summed E-state index contributed by atoms with van der Waals surface area (Å²) in [5, 5.41) is 6.97. The third-order valence-electron chi connectivity index (χ3n) is 5.69. The Morgan fingerprint density at radius 1 is 1.03 bits per heavy atom. The van der Waals surface area contributed by atoms with Gasteiger partial charge in [0.25, 0.3) is 5.91 Å². The monoisotopic (exact) mass is 478 g/mol. The van der Waals surface area contributed by atoms with E-state index < -0.39 is 0 Å². The smallest absolute Gasteiger partial charge is 0.257 e. The maximum Gasteiger partial charge on any atom is 0.257 e. The van der Waals surface area contributed by atoms with Crippen LogP contribution in [0.1, 0.15) is 45.3 Å². The highest BCUT2D eigenvalue weighted by Gasteiger charge is 2.31. The van der Waals surface area contributed by atoms with E-state index in [1.807, 2.05) is 25.1 Å². The van der Waals surface area contributed by atoms with Crippen molar-refractivity contribution in [3.63, 3.8) is 0 Å². The number of fused-ring (bicyclic) bond motifs is 2. The van der Waals surface area contributed by atoms with Gasteiger partial charge in [-0.15, -0.1) is 11.3 Å². The standard InChI is InChI=1S/C24H22N4O3S2/c1-13-5-3-7-17-19(13)25-23(32-17)28-22(30)16-6-4-8-18-20(16)26-24(33-18)27-21(29)14-9-11-15(31-2)12-10-14/h3,5,7,9-12,16H,4,6,8H2,1-2H3,(H,25,28,30)(H,26,27,29). The largest absolute Gasteiger partial charge is 0.497 e. The fourth-order valence-electron chi connectivity index (χ4n) is 3.97. The normalized spacial score (nSPS) is 15.2. The SMILES string of the molecule is COc1ccc(C(=O)Nc2nc3c(s2)CCCC3C(=O)Nc2nc3c(C)cccc3s2)cc1. The first-order chi connectivity index (χ1) is 16.0. The van der Waals surface area contributed by atoms with E-state index in [1.54, 1.807) is 31.4 Å². The number of aryl methyl sites for hydroxylation is 2. The van der Waals surface area contributed by atoms with Crippen molar-refractivity contribution in [1.82, 2.24) is 9.97 Å². The van der Waals surface area contributed by atoms with Crippen LogP contribution in [0.4, 0.5) is 10.3 Å². The lowest BCUT2D eigenvalue weighted by molar-refractivity contribution is -0.117. The third-order valence-corrected chi connectivity index (χ3v) is 7.68. The zero-order valence-corrected chi connectivity index (χ0v) is 19.8. The molecular formula is C24H22N4O3S2. The molecule has 2 heterocycles. The molecule has 9 heteroatoms. The molecule has 33 heavy (non-hydrogen) atoms. The number of anilines is 2. The van der Waals surface area contributed by atoms with Gasteiger partial charge in [-0.05, 0) is 62.1 Å². The molecule has 0 fully saturated rings. The zero-order chi connectivity index (χ0) is 22.9. The Hall–Kier alpha value is -3.30. The molecule has 0 bridgehead atoms. The highest BCUT2D eigenvalue weighted by molar-refractivity contribution is 7.22. The molecule has 7 nitrogen and oxygen atoms in total. The molecule has 0 aliphatic heterocycles. The van der Waals surface area contributed by atoms with Gasteiger partial charge in [-0.3, -0.25) is 14.9 Å². The summed E-state index contributed by atoms with van der Waals surface area (Å²) in [7, 11) is 1.58. The number of ether oxygens (including phenoxy) is 1. The quantitative estimate of drug-likeness (QED) is 0.402. The van der Waals surface area contributed by atoms with Gasteiger partial charge in [-0.25, -0.2) is 9.97 Å². The highest BCUT2D eigenvalue weighted by Crippen LogP contribution is 2.38. The Labute approximate surface area is 198 Å². The van der Waals surface area contributed by atoms with Crippen LogP contribution in [-0.2, 0) is 11.2 Å². The number of nitrogens with zero attached hydrogens (tertiary/aromatic N) is 2. The fourth-order valence-corrected chi connectivity index (χ4v) is 5.98. The average Bonchev–Trinajstić information content (AvgIpc) is 3.42. The molecule has 2 amide bonds. The third kappa shape index (κ3) is 4.34. The molecule has 0 saturated carbocycles. The maximum atomic E-state index is 13.1. The van der Waals surface area contributed by atoms with E-state index in [9.17, 15) is 9.59 Å². The summed E-state index contributed by atoms with van der Waals surface area (Å²) in [6.07, 6.45) is 2.48. The van der Waals surface area contributed by atoms with Crippen LogP contribution in [0.5, 0.6) is 5.75 Å². The number of amides is 2. The van der Waals surface area contributed by atoms with Crippen LogP contribution in [0.15, 0.2) is 42.5 Å². The van der Waals surface area contributed by atoms with Crippen molar-refractivity contribution >= 4 is 55.0 Å². The van der Waals surface area contributed by atoms with E-state index in [2.05, 4.69) is 20.6 Å². The molecule has 4 aromatic rings. The second kappa shape index (κ2) is 8.92. The van der Waals surface area contributed by atoms with E-state index in [-0.39, 0.29) is 17.7 Å². The molecule has 5 rings (SSSR count). The van der Waals surface area contributed by atoms with Crippen LogP contribution >= 0.6 is 22.7 Å². The van der Waals surface area contributed by atoms with Crippen molar-refractivity contribution in [3.8, 4) is 5.75 Å². The zero-order valence-electron chi connectivity index (χ0n) is 18.2. The van der Waals surface area contributed by atoms with Gasteiger partial charge in [0.05, 0.1) is 28.9 Å². The first-order valence-electron chi connectivity index (χ1n) is 10.6. The van der Waals surface area contributed by atoms with Gasteiger partial charge < -0.3 is 10.1 Å². The van der Waals surface area contributed by atoms with Crippen LogP contribution in [0, 0.1) is 6.92 Å². The van der Waals surface area contributed by atoms with Gasteiger partial charge in [-0.1, -0.05) is 23.5 Å². The molecule has 2 aromatic carbocycles. The second-order valence-corrected chi connectivity index (χ2v) is 10.00. The summed E-state index contributed by atoms with van der Waals surface area (Å²) in [6, 6.07) is 12.9. The first-order valence-corrected chi connectivity index (χ1v) is 12.3. The summed E-state index contributed by atoms with van der Waals surface area (Å²) in [5.74, 6) is -0.0151. The van der Waals surface area contributed by atoms with Crippen molar-refractivity contribution in [2.45, 2.75) is 32.1 Å². The molecule has 1 aliphatic rings. The summed E-state index contributed by atoms with van der Waals surface area (Å²) < 4.78 is 6.19. The van der Waals surface area contributed by atoms with E-state index in [0.717, 1.165) is 45.6 Å². The number of aromatic nitrogens is 2. The fraction of sp³-hybridized carbons (Fsp3) is 0.250. The van der Waals surface area contributed by atoms with Crippen molar-refractivity contribution in [3.05, 3.63) is 64.2 Å². The molecule has 2 N–H and O–H groups in total. The van der Waals surface area contributed by atoms with Crippen LogP contribution < -0.4 is 15.4 Å². The average molecular weight is 479 g/mol. The Morgan fingerprint density at radius 3 is 2.58 bits per heavy atom. The van der Waals surface area contributed by atoms with Crippen LogP contribution in [0.3, 0.4) is 0 Å². The van der Waals surface area contributed by atoms with Crippen LogP contribution in [0.2, 0.25) is 0 Å². The lowest BCUT2D eigenvalue weighted by atomic mass is 9.90. The number of benzene rings is 2. The van der Waals surface area contributed by atoms with E-state index in [1.165, 1.54) is 22.7 Å². The predicted molar refractivity (Wildman–Crippen MR) is 132 cm³/mol. The molecule has 0 spiro atoms. The van der Waals surface area contributed by atoms with Crippen molar-refractivity contribution in [2.75, 3.05) is 17.7 Å². The number of rotatable bonds is 5. The molecule has 1 aliphatic carbocycles. The van der Waals surface area contributed by atoms with Crippen LogP contribution in [-0.4, -0.2) is 28.9 Å². The van der Waals surface area contributed by atoms with Crippen molar-refractivity contribution < 1.29 is 14.3 Å². The van der Waals surface area contributed by atoms with Gasteiger partial charge in [-0.2, -0.15) is 0 Å². The minimum atomic E-state index is -0.357. The molecule has 1 atom stereocenters. The van der Waals surface area contributed by atoms with E-state index in [4.69, 9.17) is 4.74 Å². The number of hydrogen-bond donors (Lipinski definition) is 2. The maximum absolute atomic E-state index is 13.1. The Morgan fingerprint density at radius 2 is 1.82 bits per heavy atom. The van der Waals surface area contributed by atoms with Gasteiger partial charge >= 0.3 is 0 Å². The van der Waals surface area contributed by atoms with E-state index >= 15 is 0 Å². The summed E-state index contributed by atoms with van der Waals surface area (Å²) in [4.78, 5) is 36.0. The molecular weight excluding hydrogens is 456 g/mol. The lowest BCUT2D eigenvalue weighted by Crippen LogP contribution is -2.24. The number of carbonyl (C=O) groups excluding carboxylic acids is 2. The number of para-hydroxylation sites is 1. The number of hydrogen-bond acceptors (Lipinski definition) is 7. The predicted octanol–water partition coefficient (Wildman–Crippen LogP) is 5.38. The summed E-state index contributed by atoms with van der Waals surface area (Å²) in [6.45, 7) is 2.01. The first kappa shape index (κ1) is 21.5. The topological polar surface area (TPSA) is 93.2 Å². The lowest BCUT2D eigenvalue weighted by Gasteiger charge is -2.19. The minimum Gasteiger partial charge on any atom is -0.497 e. The summed E-state index contributed by atoms with van der Waals surface area (Å²) >= 11 is 2.91.